The molecule has 2 aromatic rings. The third-order valence-electron chi connectivity index (χ3n) is 3.22. The van der Waals surface area contributed by atoms with Gasteiger partial charge in [0.25, 0.3) is 0 Å². The molecule has 0 atom stereocenters. The van der Waals surface area contributed by atoms with E-state index in [0.29, 0.717) is 0 Å². The summed E-state index contributed by atoms with van der Waals surface area (Å²) in [6.07, 6.45) is 2.53. The summed E-state index contributed by atoms with van der Waals surface area (Å²) in [6, 6.07) is 10.2. The summed E-state index contributed by atoms with van der Waals surface area (Å²) in [4.78, 5) is 4.22. The van der Waals surface area contributed by atoms with Gasteiger partial charge >= 0.3 is 0 Å². The lowest BCUT2D eigenvalue weighted by Crippen LogP contribution is -2.37. The van der Waals surface area contributed by atoms with Crippen LogP contribution in [0, 0.1) is 6.92 Å². The van der Waals surface area contributed by atoms with E-state index in [9.17, 15) is 0 Å². The first-order valence-corrected chi connectivity index (χ1v) is 7.70. The summed E-state index contributed by atoms with van der Waals surface area (Å²) < 4.78 is 6.40. The lowest BCUT2D eigenvalue weighted by molar-refractivity contribution is 0.507. The molecule has 5 heteroatoms. The molecule has 0 saturated heterocycles. The zero-order valence-corrected chi connectivity index (χ0v) is 13.9. The number of hydrogen-bond acceptors (Lipinski definition) is 2. The summed E-state index contributed by atoms with van der Waals surface area (Å²) in [6.45, 7) is 3.64. The van der Waals surface area contributed by atoms with Gasteiger partial charge in [-0.1, -0.05) is 22.0 Å². The number of nitrogens with one attached hydrogen (secondary N) is 2. The van der Waals surface area contributed by atoms with E-state index in [1.54, 1.807) is 13.3 Å². The van der Waals surface area contributed by atoms with E-state index in [1.807, 2.05) is 12.1 Å². The van der Waals surface area contributed by atoms with Gasteiger partial charge in [-0.15, -0.1) is 0 Å². The molecule has 1 aromatic heterocycles. The van der Waals surface area contributed by atoms with Crippen molar-refractivity contribution in [1.82, 2.24) is 10.6 Å². The first-order chi connectivity index (χ1) is 10.2. The van der Waals surface area contributed by atoms with Crippen molar-refractivity contribution in [2.75, 3.05) is 13.6 Å². The van der Waals surface area contributed by atoms with Crippen LogP contribution in [0.15, 0.2) is 50.5 Å². The molecule has 0 amide bonds. The molecular weight excluding hydrogens is 330 g/mol. The number of hydrogen-bond donors (Lipinski definition) is 2. The first-order valence-electron chi connectivity index (χ1n) is 6.91. The molecule has 112 valence electrons. The molecule has 0 bridgehead atoms. The molecule has 4 nitrogen and oxygen atoms in total. The molecule has 0 spiro atoms. The second kappa shape index (κ2) is 7.88. The molecule has 0 unspecified atom stereocenters. The minimum absolute atomic E-state index is 0.750. The topological polar surface area (TPSA) is 49.6 Å². The highest BCUT2D eigenvalue weighted by molar-refractivity contribution is 9.10. The average Bonchev–Trinajstić information content (AvgIpc) is 2.97. The standard InChI is InChI=1S/C16H20BrN3O/c1-12-10-14(17)6-5-13(12)11-20-16(18-2)19-8-7-15-4-3-9-21-15/h3-6,9-10H,7-8,11H2,1-2H3,(H2,18,19,20). The fourth-order valence-electron chi connectivity index (χ4n) is 2.02. The Morgan fingerprint density at radius 1 is 1.29 bits per heavy atom. The maximum absolute atomic E-state index is 5.30. The van der Waals surface area contributed by atoms with Crippen LogP contribution >= 0.6 is 15.9 Å². The first kappa shape index (κ1) is 15.6. The van der Waals surface area contributed by atoms with Gasteiger partial charge in [0.05, 0.1) is 6.26 Å². The van der Waals surface area contributed by atoms with Crippen LogP contribution in [0.1, 0.15) is 16.9 Å². The number of furan rings is 1. The fourth-order valence-corrected chi connectivity index (χ4v) is 2.49. The number of halogens is 1. The van der Waals surface area contributed by atoms with Gasteiger partial charge in [-0.05, 0) is 42.3 Å². The highest BCUT2D eigenvalue weighted by Gasteiger charge is 2.02. The molecule has 1 aromatic carbocycles. The number of aliphatic imine (C=N–C) groups is 1. The Labute approximate surface area is 133 Å². The maximum atomic E-state index is 5.30. The van der Waals surface area contributed by atoms with E-state index in [-0.39, 0.29) is 0 Å². The van der Waals surface area contributed by atoms with Crippen LogP contribution in [0.2, 0.25) is 0 Å². The normalized spacial score (nSPS) is 11.5. The predicted octanol–water partition coefficient (Wildman–Crippen LogP) is 3.26. The minimum Gasteiger partial charge on any atom is -0.469 e. The summed E-state index contributed by atoms with van der Waals surface area (Å²) in [7, 11) is 1.77. The second-order valence-corrected chi connectivity index (χ2v) is 5.67. The quantitative estimate of drug-likeness (QED) is 0.643. The Morgan fingerprint density at radius 2 is 2.14 bits per heavy atom. The highest BCUT2D eigenvalue weighted by atomic mass is 79.9. The van der Waals surface area contributed by atoms with Crippen molar-refractivity contribution < 1.29 is 4.42 Å². The van der Waals surface area contributed by atoms with Crippen LogP contribution in [-0.2, 0) is 13.0 Å². The van der Waals surface area contributed by atoms with E-state index in [4.69, 9.17) is 4.42 Å². The van der Waals surface area contributed by atoms with Crippen LogP contribution in [0.5, 0.6) is 0 Å². The van der Waals surface area contributed by atoms with Gasteiger partial charge in [-0.25, -0.2) is 0 Å². The maximum Gasteiger partial charge on any atom is 0.191 e. The molecule has 0 radical (unpaired) electrons. The van der Waals surface area contributed by atoms with Crippen molar-refractivity contribution in [2.24, 2.45) is 4.99 Å². The van der Waals surface area contributed by atoms with Crippen LogP contribution in [-0.4, -0.2) is 19.6 Å². The zero-order chi connectivity index (χ0) is 15.1. The lowest BCUT2D eigenvalue weighted by Gasteiger charge is -2.13. The number of rotatable bonds is 5. The largest absolute Gasteiger partial charge is 0.469 e. The van der Waals surface area contributed by atoms with Gasteiger partial charge < -0.3 is 15.1 Å². The summed E-state index contributed by atoms with van der Waals surface area (Å²) >= 11 is 3.48. The zero-order valence-electron chi connectivity index (χ0n) is 12.3. The Kier molecular flexibility index (Phi) is 5.87. The molecule has 1 heterocycles. The number of guanidine groups is 1. The van der Waals surface area contributed by atoms with Gasteiger partial charge in [-0.2, -0.15) is 0 Å². The van der Waals surface area contributed by atoms with E-state index in [0.717, 1.165) is 35.7 Å². The van der Waals surface area contributed by atoms with E-state index in [2.05, 4.69) is 56.7 Å². The predicted molar refractivity (Wildman–Crippen MR) is 89.5 cm³/mol. The smallest absolute Gasteiger partial charge is 0.191 e. The molecule has 2 N–H and O–H groups in total. The summed E-state index contributed by atoms with van der Waals surface area (Å²) in [5.41, 5.74) is 2.51. The van der Waals surface area contributed by atoms with Crippen molar-refractivity contribution in [1.29, 1.82) is 0 Å². The summed E-state index contributed by atoms with van der Waals surface area (Å²) in [5, 5.41) is 6.60. The van der Waals surface area contributed by atoms with E-state index in [1.165, 1.54) is 11.1 Å². The second-order valence-electron chi connectivity index (χ2n) is 4.75. The van der Waals surface area contributed by atoms with Crippen molar-refractivity contribution >= 4 is 21.9 Å². The number of aryl methyl sites for hydroxylation is 1. The molecule has 0 aliphatic carbocycles. The Bertz CT molecular complexity index is 594. The van der Waals surface area contributed by atoms with Gasteiger partial charge in [0.2, 0.25) is 0 Å². The van der Waals surface area contributed by atoms with Crippen molar-refractivity contribution in [2.45, 2.75) is 19.9 Å². The third kappa shape index (κ3) is 4.93. The molecule has 0 fully saturated rings. The van der Waals surface area contributed by atoms with Crippen LogP contribution in [0.25, 0.3) is 0 Å². The molecule has 0 aliphatic rings. The average molecular weight is 350 g/mol. The van der Waals surface area contributed by atoms with E-state index >= 15 is 0 Å². The Balaban J connectivity index is 1.79. The van der Waals surface area contributed by atoms with Crippen molar-refractivity contribution in [3.63, 3.8) is 0 Å². The van der Waals surface area contributed by atoms with Gasteiger partial charge in [0, 0.05) is 31.0 Å². The fraction of sp³-hybridized carbons (Fsp3) is 0.312. The monoisotopic (exact) mass is 349 g/mol. The van der Waals surface area contributed by atoms with E-state index < -0.39 is 0 Å². The minimum atomic E-state index is 0.750. The SMILES string of the molecule is CN=C(NCCc1ccco1)NCc1ccc(Br)cc1C. The van der Waals surface area contributed by atoms with Crippen LogP contribution < -0.4 is 10.6 Å². The third-order valence-corrected chi connectivity index (χ3v) is 3.71. The number of nitrogens with zero attached hydrogens (tertiary/aromatic N) is 1. The van der Waals surface area contributed by atoms with Gasteiger partial charge in [-0.3, -0.25) is 4.99 Å². The Hall–Kier alpha value is -1.75. The van der Waals surface area contributed by atoms with Crippen molar-refractivity contribution in [3.05, 3.63) is 58.0 Å². The van der Waals surface area contributed by atoms with Crippen molar-refractivity contribution in [3.8, 4) is 0 Å². The molecule has 0 saturated carbocycles. The molecule has 2 rings (SSSR count). The highest BCUT2D eigenvalue weighted by Crippen LogP contribution is 2.15. The van der Waals surface area contributed by atoms with Crippen LogP contribution in [0.4, 0.5) is 0 Å². The van der Waals surface area contributed by atoms with Gasteiger partial charge in [0.15, 0.2) is 5.96 Å². The molecular formula is C16H20BrN3O. The summed E-state index contributed by atoms with van der Waals surface area (Å²) in [5.74, 6) is 1.77. The number of benzene rings is 1. The van der Waals surface area contributed by atoms with Gasteiger partial charge in [0.1, 0.15) is 5.76 Å². The lowest BCUT2D eigenvalue weighted by atomic mass is 10.1. The molecule has 0 aliphatic heterocycles. The van der Waals surface area contributed by atoms with Crippen LogP contribution in [0.3, 0.4) is 0 Å². The molecule has 21 heavy (non-hydrogen) atoms. The Morgan fingerprint density at radius 3 is 2.81 bits per heavy atom.